The molecule has 0 amide bonds. The van der Waals surface area contributed by atoms with Crippen LogP contribution in [0.25, 0.3) is 11.0 Å². The fourth-order valence-corrected chi connectivity index (χ4v) is 3.85. The monoisotopic (exact) mass is 441 g/mol. The number of alkyl halides is 3. The summed E-state index contributed by atoms with van der Waals surface area (Å²) in [5.74, 6) is -1.49. The minimum absolute atomic E-state index is 0.317. The Morgan fingerprint density at radius 3 is 2.61 bits per heavy atom. The van der Waals surface area contributed by atoms with Crippen LogP contribution >= 0.6 is 0 Å². The second-order valence-corrected chi connectivity index (χ2v) is 7.72. The maximum Gasteiger partial charge on any atom is 0.419 e. The number of aliphatic hydroxyl groups is 3. The van der Waals surface area contributed by atoms with E-state index in [0.717, 1.165) is 6.07 Å². The number of aliphatic hydroxyl groups excluding tert-OH is 2. The van der Waals surface area contributed by atoms with E-state index >= 15 is 0 Å². The molecule has 1 aromatic carbocycles. The second kappa shape index (κ2) is 7.23. The van der Waals surface area contributed by atoms with Gasteiger partial charge < -0.3 is 24.6 Å². The van der Waals surface area contributed by atoms with Crippen LogP contribution in [0.4, 0.5) is 17.6 Å². The van der Waals surface area contributed by atoms with Gasteiger partial charge >= 0.3 is 6.18 Å². The van der Waals surface area contributed by atoms with Gasteiger partial charge in [0.15, 0.2) is 6.23 Å². The van der Waals surface area contributed by atoms with Gasteiger partial charge in [-0.3, -0.25) is 0 Å². The van der Waals surface area contributed by atoms with E-state index < -0.39 is 47.7 Å². The van der Waals surface area contributed by atoms with Crippen LogP contribution in [0.15, 0.2) is 36.8 Å². The summed E-state index contributed by atoms with van der Waals surface area (Å²) in [6.45, 7) is 2.96. The smallest absolute Gasteiger partial charge is 0.386 e. The minimum atomic E-state index is -4.97. The van der Waals surface area contributed by atoms with E-state index in [1.807, 2.05) is 0 Å². The summed E-state index contributed by atoms with van der Waals surface area (Å²) in [6.07, 6.45) is -8.14. The van der Waals surface area contributed by atoms with Crippen molar-refractivity contribution in [3.63, 3.8) is 0 Å². The lowest BCUT2D eigenvalue weighted by atomic mass is 9.88. The summed E-state index contributed by atoms with van der Waals surface area (Å²) in [5, 5.41) is 33.0. The van der Waals surface area contributed by atoms with Crippen LogP contribution in [0.1, 0.15) is 36.1 Å². The van der Waals surface area contributed by atoms with E-state index in [1.54, 1.807) is 19.2 Å². The third kappa shape index (κ3) is 3.47. The van der Waals surface area contributed by atoms with Gasteiger partial charge in [0, 0.05) is 11.6 Å². The molecule has 1 fully saturated rings. The number of fused-ring (bicyclic) bond motifs is 1. The first-order chi connectivity index (χ1) is 14.4. The number of ether oxygens (including phenoxy) is 1. The summed E-state index contributed by atoms with van der Waals surface area (Å²) in [5.41, 5.74) is -2.84. The molecule has 3 aromatic rings. The lowest BCUT2D eigenvalue weighted by molar-refractivity contribution is -0.140. The molecule has 3 N–H and O–H groups in total. The zero-order valence-electron chi connectivity index (χ0n) is 16.4. The Morgan fingerprint density at radius 1 is 1.23 bits per heavy atom. The summed E-state index contributed by atoms with van der Waals surface area (Å²) in [4.78, 5) is 8.23. The van der Waals surface area contributed by atoms with E-state index in [-0.39, 0.29) is 5.56 Å². The van der Waals surface area contributed by atoms with Crippen LogP contribution in [0, 0.1) is 12.7 Å². The van der Waals surface area contributed by atoms with Crippen molar-refractivity contribution in [2.45, 2.75) is 50.2 Å². The van der Waals surface area contributed by atoms with Gasteiger partial charge in [-0.25, -0.2) is 14.4 Å². The van der Waals surface area contributed by atoms with Crippen LogP contribution in [0.3, 0.4) is 0 Å². The fourth-order valence-electron chi connectivity index (χ4n) is 3.85. The zero-order chi connectivity index (χ0) is 22.7. The molecule has 3 heterocycles. The Kier molecular flexibility index (Phi) is 5.04. The van der Waals surface area contributed by atoms with E-state index in [2.05, 4.69) is 9.97 Å². The average Bonchev–Trinajstić information content (AvgIpc) is 3.21. The number of hydrogen-bond donors (Lipinski definition) is 3. The molecule has 2 aromatic heterocycles. The second-order valence-electron chi connectivity index (χ2n) is 7.72. The van der Waals surface area contributed by atoms with Crippen molar-refractivity contribution < 1.29 is 37.6 Å². The van der Waals surface area contributed by atoms with Gasteiger partial charge in [-0.1, -0.05) is 6.07 Å². The molecule has 0 bridgehead atoms. The zero-order valence-corrected chi connectivity index (χ0v) is 16.4. The van der Waals surface area contributed by atoms with Gasteiger partial charge in [0.05, 0.1) is 11.3 Å². The number of benzene rings is 1. The summed E-state index contributed by atoms with van der Waals surface area (Å²) < 4.78 is 60.0. The molecule has 0 radical (unpaired) electrons. The van der Waals surface area contributed by atoms with Crippen molar-refractivity contribution >= 4 is 11.0 Å². The van der Waals surface area contributed by atoms with Crippen LogP contribution < -0.4 is 0 Å². The lowest BCUT2D eigenvalue weighted by Crippen LogP contribution is -2.47. The first-order valence-electron chi connectivity index (χ1n) is 9.31. The highest BCUT2D eigenvalue weighted by molar-refractivity contribution is 5.78. The number of rotatable bonds is 3. The first-order valence-corrected chi connectivity index (χ1v) is 9.31. The predicted molar refractivity (Wildman–Crippen MR) is 99.2 cm³/mol. The van der Waals surface area contributed by atoms with Crippen LogP contribution in [-0.4, -0.2) is 47.7 Å². The number of hydrogen-bond acceptors (Lipinski definition) is 6. The Labute approximate surface area is 173 Å². The quantitative estimate of drug-likeness (QED) is 0.541. The normalized spacial score (nSPS) is 27.7. The molecule has 11 heteroatoms. The summed E-state index contributed by atoms with van der Waals surface area (Å²) in [6, 6.07) is 3.70. The van der Waals surface area contributed by atoms with E-state index in [4.69, 9.17) is 4.74 Å². The van der Waals surface area contributed by atoms with E-state index in [0.29, 0.717) is 28.9 Å². The van der Waals surface area contributed by atoms with Crippen LogP contribution in [-0.2, 0) is 10.9 Å². The standard InChI is InChI=1S/C20H19F4N3O4/c1-9-11-5-6-27(17(11)26-8-25-9)18-15(29)19(2,30)16(31-18)14(28)10-3-4-13(21)12(7-10)20(22,23)24/h3-8,14-16,18,28-30H,1-2H3/t14-,15+,16-,18-,19+/m1/s1. The Hall–Kier alpha value is -2.60. The molecule has 0 unspecified atom stereocenters. The third-order valence-electron chi connectivity index (χ3n) is 5.64. The van der Waals surface area contributed by atoms with E-state index in [9.17, 15) is 32.9 Å². The SMILES string of the molecule is Cc1ncnc2c1ccn2[C@@H]1O[C@H]([C@H](O)c2ccc(F)c(C(F)(F)F)c2)[C@@](C)(O)[C@H]1O. The maximum absolute atomic E-state index is 13.6. The highest BCUT2D eigenvalue weighted by Crippen LogP contribution is 2.44. The van der Waals surface area contributed by atoms with Gasteiger partial charge in [0.1, 0.15) is 41.7 Å². The number of aromatic nitrogens is 3. The van der Waals surface area contributed by atoms with Gasteiger partial charge in [-0.15, -0.1) is 0 Å². The average molecular weight is 441 g/mol. The molecule has 1 saturated heterocycles. The van der Waals surface area contributed by atoms with Crippen LogP contribution in [0.5, 0.6) is 0 Å². The van der Waals surface area contributed by atoms with Gasteiger partial charge in [-0.05, 0) is 37.6 Å². The number of halogens is 4. The molecule has 5 atom stereocenters. The van der Waals surface area contributed by atoms with Crippen molar-refractivity contribution in [1.82, 2.24) is 14.5 Å². The molecule has 166 valence electrons. The molecule has 1 aliphatic rings. The fraction of sp³-hybridized carbons (Fsp3) is 0.400. The molecule has 0 aliphatic carbocycles. The Bertz CT molecular complexity index is 1130. The highest BCUT2D eigenvalue weighted by atomic mass is 19.4. The maximum atomic E-state index is 13.6. The lowest BCUT2D eigenvalue weighted by Gasteiger charge is -2.30. The number of nitrogens with zero attached hydrogens (tertiary/aromatic N) is 3. The van der Waals surface area contributed by atoms with E-state index in [1.165, 1.54) is 17.8 Å². The highest BCUT2D eigenvalue weighted by Gasteiger charge is 2.56. The summed E-state index contributed by atoms with van der Waals surface area (Å²) in [7, 11) is 0. The van der Waals surface area contributed by atoms with Gasteiger partial charge in [0.2, 0.25) is 0 Å². The molecule has 4 rings (SSSR count). The number of aryl methyl sites for hydroxylation is 1. The van der Waals surface area contributed by atoms with Crippen LogP contribution in [0.2, 0.25) is 0 Å². The van der Waals surface area contributed by atoms with Crippen molar-refractivity contribution in [2.75, 3.05) is 0 Å². The van der Waals surface area contributed by atoms with Crippen molar-refractivity contribution in [3.05, 3.63) is 59.4 Å². The predicted octanol–water partition coefficient (Wildman–Crippen LogP) is 2.64. The topological polar surface area (TPSA) is 101 Å². The van der Waals surface area contributed by atoms with Gasteiger partial charge in [-0.2, -0.15) is 13.2 Å². The Balaban J connectivity index is 1.71. The largest absolute Gasteiger partial charge is 0.419 e. The van der Waals surface area contributed by atoms with Crippen molar-refractivity contribution in [3.8, 4) is 0 Å². The molecular weight excluding hydrogens is 422 g/mol. The van der Waals surface area contributed by atoms with Crippen molar-refractivity contribution in [1.29, 1.82) is 0 Å². The molecule has 7 nitrogen and oxygen atoms in total. The molecule has 1 aliphatic heterocycles. The minimum Gasteiger partial charge on any atom is -0.386 e. The molecular formula is C20H19F4N3O4. The summed E-state index contributed by atoms with van der Waals surface area (Å²) >= 11 is 0. The Morgan fingerprint density at radius 2 is 1.94 bits per heavy atom. The molecule has 31 heavy (non-hydrogen) atoms. The molecule has 0 saturated carbocycles. The van der Waals surface area contributed by atoms with Gasteiger partial charge in [0.25, 0.3) is 0 Å². The first kappa shape index (κ1) is 21.6. The third-order valence-corrected chi connectivity index (χ3v) is 5.64. The molecule has 0 spiro atoms. The van der Waals surface area contributed by atoms with Crippen molar-refractivity contribution in [2.24, 2.45) is 0 Å².